The van der Waals surface area contributed by atoms with Gasteiger partial charge in [0.2, 0.25) is 5.91 Å². The number of amides is 1. The lowest BCUT2D eigenvalue weighted by Crippen LogP contribution is -2.55. The van der Waals surface area contributed by atoms with Crippen LogP contribution in [-0.2, 0) is 26.4 Å². The molecule has 0 spiro atoms. The molecule has 192 valence electrons. The van der Waals surface area contributed by atoms with Gasteiger partial charge in [-0.2, -0.15) is 0 Å². The first kappa shape index (κ1) is 25.6. The van der Waals surface area contributed by atoms with E-state index in [4.69, 9.17) is 9.47 Å². The maximum absolute atomic E-state index is 13.7. The number of thiophene rings is 1. The molecule has 3 heterocycles. The van der Waals surface area contributed by atoms with Crippen LogP contribution >= 0.6 is 11.3 Å². The molecule has 1 amide bonds. The molecule has 1 N–H and O–H groups in total. The molecular weight excluding hydrogens is 486 g/mol. The van der Waals surface area contributed by atoms with Crippen LogP contribution < -0.4 is 16.0 Å². The van der Waals surface area contributed by atoms with Gasteiger partial charge in [0.05, 0.1) is 25.1 Å². The quantitative estimate of drug-likeness (QED) is 0.489. The van der Waals surface area contributed by atoms with Gasteiger partial charge in [-0.05, 0) is 37.8 Å². The number of methoxy groups -OCH3 is 1. The number of hydrogen-bond donors (Lipinski definition) is 1. The van der Waals surface area contributed by atoms with Crippen LogP contribution in [0.5, 0.6) is 5.75 Å². The minimum absolute atomic E-state index is 0.0161. The molecule has 2 aromatic heterocycles. The van der Waals surface area contributed by atoms with Crippen LogP contribution in [0.3, 0.4) is 0 Å². The van der Waals surface area contributed by atoms with Crippen molar-refractivity contribution in [3.05, 3.63) is 61.6 Å². The standard InChI is InChI=1S/C25H29N3O7S/c1-14-13-36-22-20(14)21(30)28(25(3,4)23(31)32)24(33)27(22)12-19(17-8-6-7-9-18(17)34-5)35-16-10-26(11-16)15(2)29/h6-9,13,16,19H,10-12H2,1-5H3,(H,31,32). The number of aryl methyl sites for hydroxylation is 1. The number of carbonyl (C=O) groups is 2. The highest BCUT2D eigenvalue weighted by molar-refractivity contribution is 7.17. The molecule has 1 aromatic carbocycles. The molecule has 1 fully saturated rings. The average Bonchev–Trinajstić information content (AvgIpc) is 3.18. The number of ether oxygens (including phenoxy) is 2. The van der Waals surface area contributed by atoms with Crippen molar-refractivity contribution in [1.29, 1.82) is 0 Å². The Morgan fingerprint density at radius 1 is 1.22 bits per heavy atom. The molecule has 11 heteroatoms. The van der Waals surface area contributed by atoms with Gasteiger partial charge in [0.15, 0.2) is 0 Å². The topological polar surface area (TPSA) is 120 Å². The zero-order valence-corrected chi connectivity index (χ0v) is 21.6. The zero-order valence-electron chi connectivity index (χ0n) is 20.8. The molecule has 4 rings (SSSR count). The largest absolute Gasteiger partial charge is 0.496 e. The molecule has 36 heavy (non-hydrogen) atoms. The predicted octanol–water partition coefficient (Wildman–Crippen LogP) is 2.35. The lowest BCUT2D eigenvalue weighted by atomic mass is 10.0. The second kappa shape index (κ2) is 9.55. The molecule has 1 aliphatic heterocycles. The summed E-state index contributed by atoms with van der Waals surface area (Å²) in [7, 11) is 1.54. The number of hydrogen-bond acceptors (Lipinski definition) is 7. The summed E-state index contributed by atoms with van der Waals surface area (Å²) in [4.78, 5) is 52.8. The van der Waals surface area contributed by atoms with Gasteiger partial charge in [0.1, 0.15) is 22.2 Å². The highest BCUT2D eigenvalue weighted by atomic mass is 32.1. The molecule has 1 atom stereocenters. The highest BCUT2D eigenvalue weighted by Gasteiger charge is 2.36. The number of carbonyl (C=O) groups excluding carboxylic acids is 1. The number of para-hydroxylation sites is 1. The minimum atomic E-state index is -1.77. The first-order valence-corrected chi connectivity index (χ1v) is 12.4. The molecule has 0 saturated carbocycles. The first-order valence-electron chi connectivity index (χ1n) is 11.5. The fraction of sp³-hybridized carbons (Fsp3) is 0.440. The summed E-state index contributed by atoms with van der Waals surface area (Å²) in [6.07, 6.45) is -0.913. The van der Waals surface area contributed by atoms with Gasteiger partial charge in [-0.15, -0.1) is 11.3 Å². The van der Waals surface area contributed by atoms with Crippen LogP contribution in [0.4, 0.5) is 0 Å². The smallest absolute Gasteiger partial charge is 0.333 e. The van der Waals surface area contributed by atoms with Crippen molar-refractivity contribution in [2.45, 2.75) is 52.0 Å². The molecule has 0 bridgehead atoms. The molecule has 1 aliphatic rings. The fourth-order valence-corrected chi connectivity index (χ4v) is 5.42. The Kier molecular flexibility index (Phi) is 6.80. The van der Waals surface area contributed by atoms with Crippen LogP contribution in [0.25, 0.3) is 10.2 Å². The third-order valence-electron chi connectivity index (χ3n) is 6.61. The highest BCUT2D eigenvalue weighted by Crippen LogP contribution is 2.33. The van der Waals surface area contributed by atoms with Crippen LogP contribution in [0.15, 0.2) is 39.2 Å². The monoisotopic (exact) mass is 515 g/mol. The maximum atomic E-state index is 13.7. The van der Waals surface area contributed by atoms with E-state index in [-0.39, 0.29) is 18.6 Å². The number of carboxylic acids is 1. The van der Waals surface area contributed by atoms with E-state index in [0.717, 1.165) is 4.57 Å². The van der Waals surface area contributed by atoms with Crippen LogP contribution in [0, 0.1) is 6.92 Å². The number of fused-ring (bicyclic) bond motifs is 1. The van der Waals surface area contributed by atoms with E-state index in [9.17, 15) is 24.3 Å². The van der Waals surface area contributed by atoms with Gasteiger partial charge in [0, 0.05) is 25.6 Å². The zero-order chi connectivity index (χ0) is 26.4. The van der Waals surface area contributed by atoms with Gasteiger partial charge in [-0.1, -0.05) is 18.2 Å². The van der Waals surface area contributed by atoms with Crippen molar-refractivity contribution in [3.63, 3.8) is 0 Å². The summed E-state index contributed by atoms with van der Waals surface area (Å²) in [6.45, 7) is 6.78. The number of likely N-dealkylation sites (tertiary alicyclic amines) is 1. The third kappa shape index (κ3) is 4.33. The van der Waals surface area contributed by atoms with E-state index in [1.165, 1.54) is 36.7 Å². The second-order valence-corrected chi connectivity index (χ2v) is 10.3. The lowest BCUT2D eigenvalue weighted by molar-refractivity contribution is -0.149. The van der Waals surface area contributed by atoms with Crippen molar-refractivity contribution in [3.8, 4) is 5.75 Å². The fourth-order valence-electron chi connectivity index (χ4n) is 4.37. The molecule has 1 saturated heterocycles. The van der Waals surface area contributed by atoms with Crippen molar-refractivity contribution in [2.75, 3.05) is 20.2 Å². The summed E-state index contributed by atoms with van der Waals surface area (Å²) >= 11 is 1.25. The van der Waals surface area contributed by atoms with Gasteiger partial charge in [-0.25, -0.2) is 14.2 Å². The van der Waals surface area contributed by atoms with E-state index in [0.29, 0.717) is 40.2 Å². The Bertz CT molecular complexity index is 1450. The van der Waals surface area contributed by atoms with E-state index in [1.54, 1.807) is 30.4 Å². The van der Waals surface area contributed by atoms with Crippen molar-refractivity contribution >= 4 is 33.4 Å². The molecule has 10 nitrogen and oxygen atoms in total. The average molecular weight is 516 g/mol. The Morgan fingerprint density at radius 2 is 1.89 bits per heavy atom. The third-order valence-corrected chi connectivity index (χ3v) is 7.73. The first-order chi connectivity index (χ1) is 17.0. The van der Waals surface area contributed by atoms with Crippen LogP contribution in [-0.4, -0.2) is 57.3 Å². The summed E-state index contributed by atoms with van der Waals surface area (Å²) in [5, 5.41) is 11.9. The number of aromatic nitrogens is 2. The summed E-state index contributed by atoms with van der Waals surface area (Å²) in [5.74, 6) is -0.772. The number of nitrogens with zero attached hydrogens (tertiary/aromatic N) is 3. The van der Waals surface area contributed by atoms with Crippen molar-refractivity contribution in [1.82, 2.24) is 14.0 Å². The Morgan fingerprint density at radius 3 is 2.50 bits per heavy atom. The Labute approximate surface area is 211 Å². The van der Waals surface area contributed by atoms with E-state index >= 15 is 0 Å². The molecule has 0 aliphatic carbocycles. The Hall–Kier alpha value is -3.44. The normalized spacial score (nSPS) is 15.1. The molecule has 1 unspecified atom stereocenters. The van der Waals surface area contributed by atoms with E-state index in [1.807, 2.05) is 18.2 Å². The van der Waals surface area contributed by atoms with Gasteiger partial charge >= 0.3 is 11.7 Å². The van der Waals surface area contributed by atoms with Crippen molar-refractivity contribution in [2.24, 2.45) is 0 Å². The number of aliphatic carboxylic acids is 1. The van der Waals surface area contributed by atoms with Gasteiger partial charge < -0.3 is 19.5 Å². The number of rotatable bonds is 8. The second-order valence-electron chi connectivity index (χ2n) is 9.41. The van der Waals surface area contributed by atoms with E-state index in [2.05, 4.69) is 0 Å². The summed E-state index contributed by atoms with van der Waals surface area (Å²) < 4.78 is 14.1. The minimum Gasteiger partial charge on any atom is -0.496 e. The summed E-state index contributed by atoms with van der Waals surface area (Å²) in [6, 6.07) is 7.28. The maximum Gasteiger partial charge on any atom is 0.333 e. The lowest BCUT2D eigenvalue weighted by Gasteiger charge is -2.40. The van der Waals surface area contributed by atoms with E-state index < -0.39 is 28.9 Å². The molecule has 3 aromatic rings. The number of carboxylic acid groups (broad SMARTS) is 1. The van der Waals surface area contributed by atoms with Crippen molar-refractivity contribution < 1.29 is 24.2 Å². The van der Waals surface area contributed by atoms with Crippen LogP contribution in [0.1, 0.15) is 38.0 Å². The predicted molar refractivity (Wildman–Crippen MR) is 135 cm³/mol. The molecule has 0 radical (unpaired) electrons. The van der Waals surface area contributed by atoms with Gasteiger partial charge in [-0.3, -0.25) is 14.2 Å². The Balaban J connectivity index is 1.87. The summed E-state index contributed by atoms with van der Waals surface area (Å²) in [5.41, 5.74) is -1.78. The number of benzene rings is 1. The van der Waals surface area contributed by atoms with Crippen LogP contribution in [0.2, 0.25) is 0 Å². The van der Waals surface area contributed by atoms with Gasteiger partial charge in [0.25, 0.3) is 5.56 Å². The SMILES string of the molecule is COc1ccccc1C(Cn1c(=O)n(C(C)(C)C(=O)O)c(=O)c2c(C)csc21)OC1CN(C(C)=O)C1. The molecular formula is C25H29N3O7S.